The zero-order valence-corrected chi connectivity index (χ0v) is 37.8. The number of esters is 1. The molecule has 3 N–H and O–H groups in total. The summed E-state index contributed by atoms with van der Waals surface area (Å²) >= 11 is 0. The van der Waals surface area contributed by atoms with Crippen molar-refractivity contribution in [2.45, 2.75) is 174 Å². The van der Waals surface area contributed by atoms with Crippen molar-refractivity contribution in [2.75, 3.05) is 26.4 Å². The number of aliphatic hydroxyl groups excluding tert-OH is 1. The number of phosphoric acid groups is 1. The molecule has 0 aromatic carbocycles. The summed E-state index contributed by atoms with van der Waals surface area (Å²) in [7, 11) is -4.44. The van der Waals surface area contributed by atoms with E-state index >= 15 is 0 Å². The predicted octanol–water partition coefficient (Wildman–Crippen LogP) is 13.0. The van der Waals surface area contributed by atoms with E-state index in [9.17, 15) is 24.2 Å². The zero-order valence-electron chi connectivity index (χ0n) is 36.9. The van der Waals surface area contributed by atoms with Gasteiger partial charge in [0.25, 0.3) is 0 Å². The molecule has 2 atom stereocenters. The van der Waals surface area contributed by atoms with Crippen LogP contribution in [0.1, 0.15) is 168 Å². The highest BCUT2D eigenvalue weighted by molar-refractivity contribution is 7.47. The molecule has 10 heteroatoms. The number of hydrogen-bond donors (Lipinski definition) is 3. The monoisotopic (exact) mass is 844 g/mol. The molecule has 0 saturated carbocycles. The molecule has 9 nitrogen and oxygen atoms in total. The fourth-order valence-corrected chi connectivity index (χ4v) is 6.35. The Bertz CT molecular complexity index is 1280. The Balaban J connectivity index is 3.69. The molecule has 0 aliphatic carbocycles. The molecular formula is C49H82NO8P. The lowest BCUT2D eigenvalue weighted by Gasteiger charge is -2.15. The number of amides is 1. The Kier molecular flexibility index (Phi) is 42.2. The lowest BCUT2D eigenvalue weighted by Crippen LogP contribution is -2.27. The first-order valence-electron chi connectivity index (χ1n) is 22.7. The van der Waals surface area contributed by atoms with E-state index in [0.29, 0.717) is 12.8 Å². The Morgan fingerprint density at radius 3 is 1.49 bits per heavy atom. The van der Waals surface area contributed by atoms with Gasteiger partial charge in [-0.3, -0.25) is 18.6 Å². The van der Waals surface area contributed by atoms with Gasteiger partial charge in [-0.1, -0.05) is 162 Å². The van der Waals surface area contributed by atoms with Gasteiger partial charge in [-0.25, -0.2) is 4.57 Å². The maximum absolute atomic E-state index is 12.1. The van der Waals surface area contributed by atoms with Gasteiger partial charge in [0.1, 0.15) is 12.7 Å². The largest absolute Gasteiger partial charge is 0.472 e. The number of ether oxygens (including phenoxy) is 1. The summed E-state index contributed by atoms with van der Waals surface area (Å²) < 4.78 is 26.9. The predicted molar refractivity (Wildman–Crippen MR) is 247 cm³/mol. The molecule has 0 fully saturated rings. The third-order valence-electron chi connectivity index (χ3n) is 9.00. The normalized spacial score (nSPS) is 14.2. The minimum atomic E-state index is -4.44. The third-order valence-corrected chi connectivity index (χ3v) is 9.98. The van der Waals surface area contributed by atoms with E-state index in [4.69, 9.17) is 13.8 Å². The number of carbonyl (C=O) groups is 2. The lowest BCUT2D eigenvalue weighted by atomic mass is 10.1. The maximum Gasteiger partial charge on any atom is 0.472 e. The number of aliphatic hydroxyl groups is 1. The molecule has 336 valence electrons. The van der Waals surface area contributed by atoms with Crippen molar-refractivity contribution in [3.05, 3.63) is 97.2 Å². The lowest BCUT2D eigenvalue weighted by molar-refractivity contribution is -0.147. The first-order chi connectivity index (χ1) is 28.8. The van der Waals surface area contributed by atoms with E-state index in [1.54, 1.807) is 0 Å². The standard InChI is InChI=1S/C49H82NO8P/c1-3-5-7-9-11-13-15-17-19-21-22-23-24-26-28-30-32-34-36-38-40-42-49(53)56-45-47(51)46-58-59(54,55)57-44-43-50-48(52)41-39-37-35-33-31-29-27-25-20-18-16-14-12-10-8-6-4-2/h6,8,11-14,17-20,22-23,27,29,33,35,47,51H,3-5,7,9-10,15-16,21,24-26,28,30-32,34,36-46H2,1-2H3,(H,50,52)(H,54,55)/b8-6-,13-11-,14-12-,19-17-,20-18-,23-22-,29-27-,35-33-. The van der Waals surface area contributed by atoms with Crippen LogP contribution in [0.5, 0.6) is 0 Å². The number of phosphoric ester groups is 1. The number of carbonyl (C=O) groups excluding carboxylic acids is 2. The zero-order chi connectivity index (χ0) is 43.2. The molecule has 0 aliphatic rings. The summed E-state index contributed by atoms with van der Waals surface area (Å²) in [6.07, 6.45) is 57.7. The minimum Gasteiger partial charge on any atom is -0.463 e. The van der Waals surface area contributed by atoms with Crippen LogP contribution in [0.15, 0.2) is 97.2 Å². The van der Waals surface area contributed by atoms with Gasteiger partial charge < -0.3 is 20.1 Å². The molecule has 1 amide bonds. The van der Waals surface area contributed by atoms with Crippen molar-refractivity contribution < 1.29 is 37.9 Å². The smallest absolute Gasteiger partial charge is 0.463 e. The van der Waals surface area contributed by atoms with Crippen LogP contribution in [0.4, 0.5) is 0 Å². The van der Waals surface area contributed by atoms with Gasteiger partial charge in [0.15, 0.2) is 0 Å². The van der Waals surface area contributed by atoms with E-state index in [1.165, 1.54) is 51.4 Å². The highest BCUT2D eigenvalue weighted by atomic mass is 31.2. The molecule has 0 rings (SSSR count). The SMILES string of the molecule is CC/C=C\C/C=C\C/C=C\C/C=C\C/C=C\CCCC(=O)NCCOP(=O)(O)OCC(O)COC(=O)CCCCCCCCCC/C=C\C/C=C\C/C=C\CCCCC. The van der Waals surface area contributed by atoms with Gasteiger partial charge in [0.05, 0.1) is 13.2 Å². The Labute approximate surface area is 359 Å². The molecule has 0 heterocycles. The van der Waals surface area contributed by atoms with Crippen LogP contribution in [0.25, 0.3) is 0 Å². The third kappa shape index (κ3) is 45.9. The second kappa shape index (κ2) is 44.5. The van der Waals surface area contributed by atoms with Crippen molar-refractivity contribution >= 4 is 19.7 Å². The van der Waals surface area contributed by atoms with Gasteiger partial charge in [-0.15, -0.1) is 0 Å². The Morgan fingerprint density at radius 2 is 0.983 bits per heavy atom. The second-order valence-electron chi connectivity index (χ2n) is 14.6. The highest BCUT2D eigenvalue weighted by Crippen LogP contribution is 2.42. The summed E-state index contributed by atoms with van der Waals surface area (Å²) in [5.74, 6) is -0.591. The summed E-state index contributed by atoms with van der Waals surface area (Å²) in [4.78, 5) is 33.9. The maximum atomic E-state index is 12.1. The van der Waals surface area contributed by atoms with Crippen LogP contribution in [0.3, 0.4) is 0 Å². The first kappa shape index (κ1) is 55.9. The molecule has 0 aliphatic heterocycles. The molecular weight excluding hydrogens is 762 g/mol. The average molecular weight is 844 g/mol. The molecule has 2 unspecified atom stereocenters. The molecule has 0 saturated heterocycles. The van der Waals surface area contributed by atoms with Crippen LogP contribution in [0.2, 0.25) is 0 Å². The summed E-state index contributed by atoms with van der Waals surface area (Å²) in [5, 5.41) is 12.7. The average Bonchev–Trinajstić information content (AvgIpc) is 3.22. The second-order valence-corrected chi connectivity index (χ2v) is 16.1. The molecule has 59 heavy (non-hydrogen) atoms. The van der Waals surface area contributed by atoms with Crippen LogP contribution in [-0.2, 0) is 27.9 Å². The van der Waals surface area contributed by atoms with Crippen molar-refractivity contribution in [1.82, 2.24) is 5.32 Å². The Morgan fingerprint density at radius 1 is 0.542 bits per heavy atom. The quantitative estimate of drug-likeness (QED) is 0.0240. The van der Waals surface area contributed by atoms with E-state index in [0.717, 1.165) is 83.5 Å². The molecule has 0 radical (unpaired) electrons. The van der Waals surface area contributed by atoms with E-state index in [2.05, 4.69) is 116 Å². The topological polar surface area (TPSA) is 131 Å². The van der Waals surface area contributed by atoms with Crippen molar-refractivity contribution in [1.29, 1.82) is 0 Å². The summed E-state index contributed by atoms with van der Waals surface area (Å²) in [5.41, 5.74) is 0. The molecule has 0 bridgehead atoms. The molecule has 0 spiro atoms. The van der Waals surface area contributed by atoms with Gasteiger partial charge in [0.2, 0.25) is 5.91 Å². The first-order valence-corrected chi connectivity index (χ1v) is 24.2. The van der Waals surface area contributed by atoms with Crippen LogP contribution >= 0.6 is 7.82 Å². The van der Waals surface area contributed by atoms with Crippen molar-refractivity contribution in [2.24, 2.45) is 0 Å². The van der Waals surface area contributed by atoms with Crippen LogP contribution in [-0.4, -0.2) is 54.3 Å². The fourth-order valence-electron chi connectivity index (χ4n) is 5.60. The van der Waals surface area contributed by atoms with Crippen LogP contribution < -0.4 is 5.32 Å². The minimum absolute atomic E-state index is 0.0446. The number of allylic oxidation sites excluding steroid dienone is 16. The molecule has 0 aromatic rings. The van der Waals surface area contributed by atoms with Gasteiger partial charge in [-0.2, -0.15) is 0 Å². The van der Waals surface area contributed by atoms with E-state index < -0.39 is 26.5 Å². The van der Waals surface area contributed by atoms with Gasteiger partial charge in [0, 0.05) is 19.4 Å². The van der Waals surface area contributed by atoms with Gasteiger partial charge in [-0.05, 0) is 89.9 Å². The Hall–Kier alpha value is -3.07. The van der Waals surface area contributed by atoms with Crippen LogP contribution in [0, 0.1) is 0 Å². The molecule has 0 aromatic heterocycles. The highest BCUT2D eigenvalue weighted by Gasteiger charge is 2.23. The van der Waals surface area contributed by atoms with Gasteiger partial charge >= 0.3 is 13.8 Å². The number of rotatable bonds is 41. The number of nitrogens with one attached hydrogen (secondary N) is 1. The summed E-state index contributed by atoms with van der Waals surface area (Å²) in [6.45, 7) is 3.32. The summed E-state index contributed by atoms with van der Waals surface area (Å²) in [6, 6.07) is 0. The number of hydrogen-bond acceptors (Lipinski definition) is 7. The van der Waals surface area contributed by atoms with Crippen molar-refractivity contribution in [3.63, 3.8) is 0 Å². The van der Waals surface area contributed by atoms with E-state index in [1.807, 2.05) is 0 Å². The fraction of sp³-hybridized carbons (Fsp3) is 0.633. The van der Waals surface area contributed by atoms with Crippen molar-refractivity contribution in [3.8, 4) is 0 Å². The van der Waals surface area contributed by atoms with E-state index in [-0.39, 0.29) is 32.1 Å². The number of unbranched alkanes of at least 4 members (excludes halogenated alkanes) is 12.